The van der Waals surface area contributed by atoms with E-state index in [9.17, 15) is 4.79 Å². The van der Waals surface area contributed by atoms with Gasteiger partial charge in [-0.05, 0) is 23.6 Å². The first kappa shape index (κ1) is 8.87. The molecule has 4 rings (SSSR count). The molecule has 4 nitrogen and oxygen atoms in total. The summed E-state index contributed by atoms with van der Waals surface area (Å²) in [5.74, 6) is -0.117. The molecule has 2 aromatic rings. The minimum Gasteiger partial charge on any atom is -0.489 e. The molecule has 1 aliphatic heterocycles. The molecule has 0 saturated carbocycles. The molecule has 4 heteroatoms. The summed E-state index contributed by atoms with van der Waals surface area (Å²) < 4.78 is 5.35. The van der Waals surface area contributed by atoms with Crippen molar-refractivity contribution in [2.45, 2.75) is 12.0 Å². The van der Waals surface area contributed by atoms with E-state index in [1.807, 2.05) is 18.2 Å². The summed E-state index contributed by atoms with van der Waals surface area (Å²) in [6.07, 6.45) is 6.41. The third kappa shape index (κ3) is 0.996. The SMILES string of the molecule is O=C1c2nccc3ccnc(c23)C2C=COC12. The number of ketones is 1. The maximum absolute atomic E-state index is 12.2. The number of hydrogen-bond acceptors (Lipinski definition) is 4. The highest BCUT2D eigenvalue weighted by atomic mass is 16.5. The van der Waals surface area contributed by atoms with Gasteiger partial charge in [0.1, 0.15) is 5.69 Å². The zero-order valence-corrected chi connectivity index (χ0v) is 8.83. The van der Waals surface area contributed by atoms with Crippen molar-refractivity contribution in [3.8, 4) is 0 Å². The second-order valence-electron chi connectivity index (χ2n) is 4.23. The summed E-state index contributed by atoms with van der Waals surface area (Å²) in [6.45, 7) is 0. The van der Waals surface area contributed by atoms with Crippen molar-refractivity contribution < 1.29 is 9.53 Å². The Kier molecular flexibility index (Phi) is 1.52. The molecule has 17 heavy (non-hydrogen) atoms. The lowest BCUT2D eigenvalue weighted by atomic mass is 9.85. The topological polar surface area (TPSA) is 52.1 Å². The van der Waals surface area contributed by atoms with E-state index in [1.165, 1.54) is 0 Å². The quantitative estimate of drug-likeness (QED) is 0.685. The number of carbonyl (C=O) groups excluding carboxylic acids is 1. The van der Waals surface area contributed by atoms with Crippen LogP contribution in [0.4, 0.5) is 0 Å². The number of pyridine rings is 2. The Labute approximate surface area is 97.0 Å². The Morgan fingerprint density at radius 3 is 2.88 bits per heavy atom. The number of hydrogen-bond donors (Lipinski definition) is 0. The van der Waals surface area contributed by atoms with Gasteiger partial charge in [0.15, 0.2) is 6.10 Å². The van der Waals surface area contributed by atoms with Crippen LogP contribution in [-0.4, -0.2) is 21.9 Å². The van der Waals surface area contributed by atoms with E-state index >= 15 is 0 Å². The maximum Gasteiger partial charge on any atom is 0.223 e. The zero-order valence-electron chi connectivity index (χ0n) is 8.83. The van der Waals surface area contributed by atoms with Crippen molar-refractivity contribution in [3.63, 3.8) is 0 Å². The predicted octanol–water partition coefficient (Wildman–Crippen LogP) is 1.82. The van der Waals surface area contributed by atoms with Crippen molar-refractivity contribution in [3.05, 3.63) is 48.3 Å². The predicted molar refractivity (Wildman–Crippen MR) is 60.6 cm³/mol. The van der Waals surface area contributed by atoms with Crippen LogP contribution in [0.15, 0.2) is 36.9 Å². The summed E-state index contributed by atoms with van der Waals surface area (Å²) in [6, 6.07) is 3.80. The van der Waals surface area contributed by atoms with Crippen LogP contribution in [0.1, 0.15) is 22.1 Å². The second kappa shape index (κ2) is 2.91. The average molecular weight is 224 g/mol. The molecule has 0 saturated heterocycles. The molecule has 0 N–H and O–H groups in total. The van der Waals surface area contributed by atoms with Gasteiger partial charge in [0.05, 0.1) is 17.9 Å². The van der Waals surface area contributed by atoms with Gasteiger partial charge in [-0.2, -0.15) is 0 Å². The van der Waals surface area contributed by atoms with E-state index < -0.39 is 6.10 Å². The fourth-order valence-electron chi connectivity index (χ4n) is 2.58. The minimum absolute atomic E-state index is 0.0499. The standard InChI is InChI=1S/C13H8N2O2/c16-12-11-9-7(2-5-15-11)1-4-14-10(9)8-3-6-17-13(8)12/h1-6,8,13H. The van der Waals surface area contributed by atoms with E-state index in [1.54, 1.807) is 18.7 Å². The molecule has 0 spiro atoms. The minimum atomic E-state index is -0.476. The van der Waals surface area contributed by atoms with Crippen molar-refractivity contribution in [1.29, 1.82) is 0 Å². The Balaban J connectivity index is 2.17. The van der Waals surface area contributed by atoms with Gasteiger partial charge in [-0.25, -0.2) is 0 Å². The molecule has 2 unspecified atom stereocenters. The van der Waals surface area contributed by atoms with Crippen LogP contribution in [0.2, 0.25) is 0 Å². The molecule has 2 aromatic heterocycles. The number of fused-ring (bicyclic) bond motifs is 2. The molecule has 0 amide bonds. The van der Waals surface area contributed by atoms with E-state index in [-0.39, 0.29) is 11.7 Å². The molecule has 82 valence electrons. The number of nitrogens with zero attached hydrogens (tertiary/aromatic N) is 2. The summed E-state index contributed by atoms with van der Waals surface area (Å²) in [4.78, 5) is 20.8. The highest BCUT2D eigenvalue weighted by Crippen LogP contribution is 2.39. The smallest absolute Gasteiger partial charge is 0.223 e. The fraction of sp³-hybridized carbons (Fsp3) is 0.154. The Bertz CT molecular complexity index is 673. The van der Waals surface area contributed by atoms with E-state index in [0.29, 0.717) is 5.69 Å². The number of Topliss-reactive ketones (excluding diaryl/α,β-unsaturated/α-hetero) is 1. The van der Waals surface area contributed by atoms with E-state index in [4.69, 9.17) is 4.74 Å². The third-order valence-corrected chi connectivity index (χ3v) is 3.35. The van der Waals surface area contributed by atoms with Gasteiger partial charge < -0.3 is 4.74 Å². The highest BCUT2D eigenvalue weighted by Gasteiger charge is 2.41. The molecule has 3 heterocycles. The second-order valence-corrected chi connectivity index (χ2v) is 4.23. The summed E-state index contributed by atoms with van der Waals surface area (Å²) in [5.41, 5.74) is 1.37. The number of carbonyl (C=O) groups is 1. The van der Waals surface area contributed by atoms with Gasteiger partial charge in [0.2, 0.25) is 5.78 Å². The number of ether oxygens (including phenoxy) is 1. The van der Waals surface area contributed by atoms with Crippen LogP contribution in [0.25, 0.3) is 10.8 Å². The van der Waals surface area contributed by atoms with Crippen molar-refractivity contribution in [2.75, 3.05) is 0 Å². The summed E-state index contributed by atoms with van der Waals surface area (Å²) in [5, 5.41) is 1.88. The highest BCUT2D eigenvalue weighted by molar-refractivity contribution is 6.12. The van der Waals surface area contributed by atoms with Crippen LogP contribution in [-0.2, 0) is 4.74 Å². The van der Waals surface area contributed by atoms with Crippen molar-refractivity contribution in [1.82, 2.24) is 9.97 Å². The van der Waals surface area contributed by atoms with Crippen LogP contribution in [0, 0.1) is 0 Å². The van der Waals surface area contributed by atoms with Crippen LogP contribution < -0.4 is 0 Å². The largest absolute Gasteiger partial charge is 0.489 e. The summed E-state index contributed by atoms with van der Waals surface area (Å²) in [7, 11) is 0. The van der Waals surface area contributed by atoms with Crippen molar-refractivity contribution in [2.24, 2.45) is 0 Å². The van der Waals surface area contributed by atoms with Crippen LogP contribution in [0.3, 0.4) is 0 Å². The molecule has 2 aliphatic rings. The van der Waals surface area contributed by atoms with Gasteiger partial charge in [-0.3, -0.25) is 14.8 Å². The lowest BCUT2D eigenvalue weighted by Crippen LogP contribution is -2.31. The third-order valence-electron chi connectivity index (χ3n) is 3.35. The molecule has 0 bridgehead atoms. The first-order valence-corrected chi connectivity index (χ1v) is 5.46. The lowest BCUT2D eigenvalue weighted by Gasteiger charge is -2.24. The van der Waals surface area contributed by atoms with Crippen molar-refractivity contribution >= 4 is 16.6 Å². The van der Waals surface area contributed by atoms with Crippen LogP contribution >= 0.6 is 0 Å². The van der Waals surface area contributed by atoms with Crippen LogP contribution in [0.5, 0.6) is 0 Å². The molecule has 0 fully saturated rings. The zero-order chi connectivity index (χ0) is 11.4. The first-order chi connectivity index (χ1) is 8.36. The van der Waals surface area contributed by atoms with Gasteiger partial charge in [0.25, 0.3) is 0 Å². The molecule has 1 aliphatic carbocycles. The Morgan fingerprint density at radius 1 is 1.18 bits per heavy atom. The maximum atomic E-state index is 12.2. The van der Waals surface area contributed by atoms with Gasteiger partial charge in [0, 0.05) is 17.8 Å². The van der Waals surface area contributed by atoms with Gasteiger partial charge >= 0.3 is 0 Å². The van der Waals surface area contributed by atoms with Gasteiger partial charge in [-0.1, -0.05) is 0 Å². The number of aromatic nitrogens is 2. The lowest BCUT2D eigenvalue weighted by molar-refractivity contribution is 0.0713. The first-order valence-electron chi connectivity index (χ1n) is 5.46. The normalized spacial score (nSPS) is 24.8. The monoisotopic (exact) mass is 224 g/mol. The molecule has 2 atom stereocenters. The molecular weight excluding hydrogens is 216 g/mol. The Morgan fingerprint density at radius 2 is 2.00 bits per heavy atom. The fourth-order valence-corrected chi connectivity index (χ4v) is 2.58. The average Bonchev–Trinajstić information content (AvgIpc) is 2.85. The molecular formula is C13H8N2O2. The molecule has 0 radical (unpaired) electrons. The number of rotatable bonds is 0. The Hall–Kier alpha value is -2.23. The van der Waals surface area contributed by atoms with Gasteiger partial charge in [-0.15, -0.1) is 0 Å². The van der Waals surface area contributed by atoms with E-state index in [2.05, 4.69) is 9.97 Å². The summed E-state index contributed by atoms with van der Waals surface area (Å²) >= 11 is 0. The molecule has 0 aromatic carbocycles. The van der Waals surface area contributed by atoms with E-state index in [0.717, 1.165) is 16.5 Å².